The van der Waals surface area contributed by atoms with Crippen molar-refractivity contribution in [2.75, 3.05) is 0 Å². The smallest absolute Gasteiger partial charge is 0.0780 e. The number of rotatable bonds is 1. The summed E-state index contributed by atoms with van der Waals surface area (Å²) in [5.74, 6) is 0. The van der Waals surface area contributed by atoms with Gasteiger partial charge in [-0.2, -0.15) is 0 Å². The summed E-state index contributed by atoms with van der Waals surface area (Å²) in [5, 5.41) is 2.53. The van der Waals surface area contributed by atoms with Crippen LogP contribution in [0.15, 0.2) is 128 Å². The van der Waals surface area contributed by atoms with Gasteiger partial charge >= 0.3 is 0 Å². The van der Waals surface area contributed by atoms with Crippen LogP contribution >= 0.6 is 11.3 Å². The third-order valence-corrected chi connectivity index (χ3v) is 9.74. The molecule has 1 nitrogen and oxygen atoms in total. The number of pyridine rings is 1. The van der Waals surface area contributed by atoms with E-state index in [1.807, 2.05) is 23.6 Å². The summed E-state index contributed by atoms with van der Waals surface area (Å²) < 4.78 is 1.35. The van der Waals surface area contributed by atoms with Crippen LogP contribution in [0.3, 0.4) is 0 Å². The minimum atomic E-state index is -0.342. The first-order valence-electron chi connectivity index (χ1n) is 13.1. The predicted octanol–water partition coefficient (Wildman–Crippen LogP) is 9.46. The van der Waals surface area contributed by atoms with Gasteiger partial charge in [-0.1, -0.05) is 103 Å². The molecule has 0 fully saturated rings. The van der Waals surface area contributed by atoms with Gasteiger partial charge in [-0.25, -0.2) is 0 Å². The Hall–Kier alpha value is -4.53. The normalized spacial score (nSPS) is 14.0. The first kappa shape index (κ1) is 20.5. The number of hydrogen-bond donors (Lipinski definition) is 0. The molecule has 0 saturated carbocycles. The maximum Gasteiger partial charge on any atom is 0.0780 e. The largest absolute Gasteiger partial charge is 0.256 e. The van der Waals surface area contributed by atoms with E-state index in [0.717, 1.165) is 5.52 Å². The Balaban J connectivity index is 1.45. The molecule has 0 radical (unpaired) electrons. The summed E-state index contributed by atoms with van der Waals surface area (Å²) >= 11 is 1.93. The van der Waals surface area contributed by atoms with E-state index in [1.165, 1.54) is 70.4 Å². The van der Waals surface area contributed by atoms with Crippen LogP contribution in [0, 0.1) is 0 Å². The van der Waals surface area contributed by atoms with E-state index in [-0.39, 0.29) is 5.41 Å². The molecule has 0 amide bonds. The van der Waals surface area contributed by atoms with Crippen molar-refractivity contribution >= 4 is 32.3 Å². The summed E-state index contributed by atoms with van der Waals surface area (Å²) in [6.45, 7) is 0. The Bertz CT molecular complexity index is 2050. The molecule has 38 heavy (non-hydrogen) atoms. The predicted molar refractivity (Wildman–Crippen MR) is 159 cm³/mol. The third kappa shape index (κ3) is 2.39. The molecule has 176 valence electrons. The fourth-order valence-corrected chi connectivity index (χ4v) is 8.39. The summed E-state index contributed by atoms with van der Waals surface area (Å²) in [6, 6.07) is 44.8. The number of thiophene rings is 1. The van der Waals surface area contributed by atoms with E-state index < -0.39 is 0 Å². The van der Waals surface area contributed by atoms with Crippen molar-refractivity contribution in [2.45, 2.75) is 5.41 Å². The number of aromatic nitrogens is 1. The highest BCUT2D eigenvalue weighted by Crippen LogP contribution is 2.66. The van der Waals surface area contributed by atoms with Crippen molar-refractivity contribution in [3.8, 4) is 32.7 Å². The van der Waals surface area contributed by atoms with E-state index in [1.54, 1.807) is 0 Å². The van der Waals surface area contributed by atoms with Gasteiger partial charge in [-0.15, -0.1) is 11.3 Å². The zero-order valence-electron chi connectivity index (χ0n) is 20.5. The molecule has 0 saturated heterocycles. The molecule has 0 bridgehead atoms. The lowest BCUT2D eigenvalue weighted by Gasteiger charge is -2.30. The highest BCUT2D eigenvalue weighted by molar-refractivity contribution is 7.22. The number of benzene rings is 5. The molecule has 0 atom stereocenters. The molecule has 2 aliphatic carbocycles. The number of fused-ring (bicyclic) bond motifs is 13. The Morgan fingerprint density at radius 2 is 1.26 bits per heavy atom. The van der Waals surface area contributed by atoms with Gasteiger partial charge in [0.1, 0.15) is 0 Å². The first-order chi connectivity index (χ1) is 18.9. The summed E-state index contributed by atoms with van der Waals surface area (Å²) in [7, 11) is 0. The zero-order valence-corrected chi connectivity index (χ0v) is 21.3. The Kier molecular flexibility index (Phi) is 3.93. The lowest BCUT2D eigenvalue weighted by Crippen LogP contribution is -2.25. The maximum atomic E-state index is 4.78. The Morgan fingerprint density at radius 3 is 2.11 bits per heavy atom. The van der Waals surface area contributed by atoms with Crippen LogP contribution < -0.4 is 0 Å². The Labute approximate surface area is 224 Å². The van der Waals surface area contributed by atoms with Gasteiger partial charge in [0.25, 0.3) is 0 Å². The van der Waals surface area contributed by atoms with Crippen molar-refractivity contribution < 1.29 is 0 Å². The third-order valence-electron chi connectivity index (χ3n) is 8.53. The molecule has 0 aliphatic heterocycles. The summed E-state index contributed by atoms with van der Waals surface area (Å²) in [4.78, 5) is 6.18. The zero-order chi connectivity index (χ0) is 24.8. The Morgan fingerprint density at radius 1 is 0.553 bits per heavy atom. The van der Waals surface area contributed by atoms with E-state index in [9.17, 15) is 0 Å². The van der Waals surface area contributed by atoms with Crippen LogP contribution in [-0.4, -0.2) is 4.98 Å². The molecule has 7 aromatic rings. The van der Waals surface area contributed by atoms with Gasteiger partial charge < -0.3 is 0 Å². The van der Waals surface area contributed by atoms with E-state index >= 15 is 0 Å². The standard InChI is InChI=1S/C36H21NS/c1-4-15-29-25(11-1)26-12-2-5-16-30(26)36(29)31-21-23(24-14-7-9-22-10-8-20-37-34(22)24)18-19-27(31)35-33(36)28-13-3-6-17-32(28)38-35/h1-21H. The van der Waals surface area contributed by atoms with Gasteiger partial charge in [0.05, 0.1) is 10.9 Å². The fraction of sp³-hybridized carbons (Fsp3) is 0.0278. The molecule has 0 N–H and O–H groups in total. The van der Waals surface area contributed by atoms with Crippen LogP contribution in [0.25, 0.3) is 53.7 Å². The molecule has 2 heterocycles. The highest BCUT2D eigenvalue weighted by atomic mass is 32.1. The number of nitrogens with zero attached hydrogens (tertiary/aromatic N) is 1. The van der Waals surface area contributed by atoms with Crippen LogP contribution in [0.4, 0.5) is 0 Å². The van der Waals surface area contributed by atoms with Crippen LogP contribution in [0.5, 0.6) is 0 Å². The van der Waals surface area contributed by atoms with Crippen molar-refractivity contribution in [1.82, 2.24) is 4.98 Å². The van der Waals surface area contributed by atoms with Crippen molar-refractivity contribution in [2.24, 2.45) is 0 Å². The van der Waals surface area contributed by atoms with Gasteiger partial charge in [0, 0.05) is 26.7 Å². The second kappa shape index (κ2) is 7.28. The van der Waals surface area contributed by atoms with Crippen LogP contribution in [0.1, 0.15) is 22.3 Å². The molecule has 0 unspecified atom stereocenters. The minimum Gasteiger partial charge on any atom is -0.256 e. The average Bonchev–Trinajstić information content (AvgIpc) is 3.60. The maximum absolute atomic E-state index is 4.78. The van der Waals surface area contributed by atoms with E-state index in [2.05, 4.69) is 115 Å². The highest BCUT2D eigenvalue weighted by Gasteiger charge is 2.53. The lowest BCUT2D eigenvalue weighted by molar-refractivity contribution is 0.803. The first-order valence-corrected chi connectivity index (χ1v) is 13.9. The van der Waals surface area contributed by atoms with Crippen molar-refractivity contribution in [3.05, 3.63) is 150 Å². The van der Waals surface area contributed by atoms with E-state index in [4.69, 9.17) is 4.98 Å². The minimum absolute atomic E-state index is 0.342. The quantitative estimate of drug-likeness (QED) is 0.219. The SMILES string of the molecule is c1ccc2c(c1)-c1ccccc1C21c2cc(-c3cccc4cccnc34)ccc2-c2sc3ccccc3c21. The lowest BCUT2D eigenvalue weighted by atomic mass is 9.70. The fourth-order valence-electron chi connectivity index (χ4n) is 7.09. The van der Waals surface area contributed by atoms with Gasteiger partial charge in [0.15, 0.2) is 0 Å². The van der Waals surface area contributed by atoms with Gasteiger partial charge in [-0.3, -0.25) is 4.98 Å². The van der Waals surface area contributed by atoms with Crippen molar-refractivity contribution in [1.29, 1.82) is 0 Å². The summed E-state index contributed by atoms with van der Waals surface area (Å²) in [6.07, 6.45) is 1.90. The molecule has 5 aromatic carbocycles. The van der Waals surface area contributed by atoms with Gasteiger partial charge in [-0.05, 0) is 68.1 Å². The van der Waals surface area contributed by atoms with E-state index in [0.29, 0.717) is 0 Å². The molecule has 2 aliphatic rings. The van der Waals surface area contributed by atoms with Crippen LogP contribution in [-0.2, 0) is 5.41 Å². The van der Waals surface area contributed by atoms with Crippen molar-refractivity contribution in [3.63, 3.8) is 0 Å². The topological polar surface area (TPSA) is 12.9 Å². The summed E-state index contributed by atoms with van der Waals surface area (Å²) in [5.41, 5.74) is 12.7. The molecule has 1 spiro atoms. The molecular weight excluding hydrogens is 478 g/mol. The number of hydrogen-bond acceptors (Lipinski definition) is 2. The second-order valence-electron chi connectivity index (χ2n) is 10.3. The second-order valence-corrected chi connectivity index (χ2v) is 11.3. The molecule has 2 aromatic heterocycles. The molecule has 2 heteroatoms. The monoisotopic (exact) mass is 499 g/mol. The number of para-hydroxylation sites is 1. The molecular formula is C36H21NS. The molecule has 9 rings (SSSR count). The van der Waals surface area contributed by atoms with Gasteiger partial charge in [0.2, 0.25) is 0 Å². The van der Waals surface area contributed by atoms with Crippen LogP contribution in [0.2, 0.25) is 0 Å². The average molecular weight is 500 g/mol.